The average Bonchev–Trinajstić information content (AvgIpc) is 3.18. The van der Waals surface area contributed by atoms with Crippen molar-refractivity contribution in [3.8, 4) is 11.4 Å². The van der Waals surface area contributed by atoms with Gasteiger partial charge in [-0.15, -0.1) is 0 Å². The van der Waals surface area contributed by atoms with Crippen LogP contribution in [0.25, 0.3) is 11.4 Å². The summed E-state index contributed by atoms with van der Waals surface area (Å²) in [6.07, 6.45) is 8.36. The molecule has 0 N–H and O–H groups in total. The van der Waals surface area contributed by atoms with E-state index in [-0.39, 0.29) is 10.9 Å². The molecule has 9 heteroatoms. The van der Waals surface area contributed by atoms with Crippen molar-refractivity contribution in [2.75, 3.05) is 13.1 Å². The van der Waals surface area contributed by atoms with E-state index >= 15 is 0 Å². The van der Waals surface area contributed by atoms with Crippen molar-refractivity contribution in [2.45, 2.75) is 18.5 Å². The van der Waals surface area contributed by atoms with Crippen LogP contribution >= 0.6 is 0 Å². The second-order valence-corrected chi connectivity index (χ2v) is 8.52. The molecule has 136 valence electrons. The molecule has 0 saturated carbocycles. The molecular formula is C17H20N6O2S. The number of aromatic nitrogens is 5. The Kier molecular flexibility index (Phi) is 4.12. The van der Waals surface area contributed by atoms with Crippen LogP contribution in [0.1, 0.15) is 5.69 Å². The molecule has 4 heterocycles. The molecule has 0 spiro atoms. The average molecular weight is 372 g/mol. The van der Waals surface area contributed by atoms with Gasteiger partial charge in [0.05, 0.1) is 6.33 Å². The first-order chi connectivity index (χ1) is 12.4. The number of pyridine rings is 1. The quantitative estimate of drug-likeness (QED) is 0.674. The van der Waals surface area contributed by atoms with Gasteiger partial charge in [0.2, 0.25) is 0 Å². The van der Waals surface area contributed by atoms with Crippen molar-refractivity contribution in [2.24, 2.45) is 13.0 Å². The van der Waals surface area contributed by atoms with Crippen molar-refractivity contribution in [1.82, 2.24) is 28.4 Å². The standard InChI is InChI=1S/C17H20N6O2S/c1-13-7-19-17(15-3-5-18-6-4-15)23(13)10-14-8-22(9-14)26(24,25)16-11-21(2)12-20-16/h3-7,11-12,14H,8-10H2,1-2H3. The highest BCUT2D eigenvalue weighted by atomic mass is 32.2. The number of nitrogens with zero attached hydrogens (tertiary/aromatic N) is 6. The summed E-state index contributed by atoms with van der Waals surface area (Å²) in [5, 5.41) is 0.106. The summed E-state index contributed by atoms with van der Waals surface area (Å²) in [4.78, 5) is 12.5. The van der Waals surface area contributed by atoms with Gasteiger partial charge in [-0.3, -0.25) is 4.98 Å². The number of hydrogen-bond donors (Lipinski definition) is 0. The Morgan fingerprint density at radius 2 is 1.92 bits per heavy atom. The Morgan fingerprint density at radius 1 is 1.19 bits per heavy atom. The highest BCUT2D eigenvalue weighted by molar-refractivity contribution is 7.89. The minimum absolute atomic E-state index is 0.106. The van der Waals surface area contributed by atoms with E-state index in [1.807, 2.05) is 25.3 Å². The molecule has 26 heavy (non-hydrogen) atoms. The minimum Gasteiger partial charge on any atom is -0.339 e. The summed E-state index contributed by atoms with van der Waals surface area (Å²) in [6, 6.07) is 3.85. The molecule has 0 radical (unpaired) electrons. The fourth-order valence-electron chi connectivity index (χ4n) is 3.17. The Bertz CT molecular complexity index is 1020. The summed E-state index contributed by atoms with van der Waals surface area (Å²) in [7, 11) is -1.74. The molecule has 0 bridgehead atoms. The summed E-state index contributed by atoms with van der Waals surface area (Å²) in [5.41, 5.74) is 2.06. The third-order valence-electron chi connectivity index (χ3n) is 4.64. The third-order valence-corrected chi connectivity index (χ3v) is 6.36. The molecular weight excluding hydrogens is 352 g/mol. The van der Waals surface area contributed by atoms with Crippen molar-refractivity contribution < 1.29 is 8.42 Å². The fourth-order valence-corrected chi connectivity index (χ4v) is 4.73. The monoisotopic (exact) mass is 372 g/mol. The lowest BCUT2D eigenvalue weighted by Crippen LogP contribution is -2.51. The molecule has 4 rings (SSSR count). The van der Waals surface area contributed by atoms with Gasteiger partial charge in [-0.25, -0.2) is 18.4 Å². The zero-order valence-electron chi connectivity index (χ0n) is 14.6. The van der Waals surface area contributed by atoms with Gasteiger partial charge in [0.25, 0.3) is 10.0 Å². The van der Waals surface area contributed by atoms with E-state index in [2.05, 4.69) is 19.5 Å². The minimum atomic E-state index is -3.50. The van der Waals surface area contributed by atoms with E-state index in [9.17, 15) is 8.42 Å². The second kappa shape index (κ2) is 6.33. The Labute approximate surface area is 152 Å². The smallest absolute Gasteiger partial charge is 0.262 e. The summed E-state index contributed by atoms with van der Waals surface area (Å²) in [6.45, 7) is 3.73. The first-order valence-corrected chi connectivity index (χ1v) is 9.80. The lowest BCUT2D eigenvalue weighted by atomic mass is 10.0. The van der Waals surface area contributed by atoms with E-state index in [1.54, 1.807) is 24.0 Å². The molecule has 8 nitrogen and oxygen atoms in total. The predicted octanol–water partition coefficient (Wildman–Crippen LogP) is 1.31. The lowest BCUT2D eigenvalue weighted by molar-refractivity contribution is 0.179. The Hall–Kier alpha value is -2.52. The van der Waals surface area contributed by atoms with Crippen LogP contribution in [0.2, 0.25) is 0 Å². The molecule has 0 amide bonds. The zero-order chi connectivity index (χ0) is 18.3. The van der Waals surface area contributed by atoms with Gasteiger partial charge >= 0.3 is 0 Å². The predicted molar refractivity (Wildman–Crippen MR) is 95.7 cm³/mol. The first-order valence-electron chi connectivity index (χ1n) is 8.36. The van der Waals surface area contributed by atoms with E-state index in [4.69, 9.17) is 0 Å². The summed E-state index contributed by atoms with van der Waals surface area (Å²) >= 11 is 0. The van der Waals surface area contributed by atoms with Gasteiger partial charge < -0.3 is 9.13 Å². The topological polar surface area (TPSA) is 85.9 Å². The van der Waals surface area contributed by atoms with Gasteiger partial charge in [-0.1, -0.05) is 0 Å². The maximum Gasteiger partial charge on any atom is 0.262 e. The van der Waals surface area contributed by atoms with Crippen LogP contribution in [-0.4, -0.2) is 49.9 Å². The maximum atomic E-state index is 12.6. The highest BCUT2D eigenvalue weighted by Gasteiger charge is 2.38. The van der Waals surface area contributed by atoms with Crippen LogP contribution in [0.3, 0.4) is 0 Å². The van der Waals surface area contributed by atoms with Crippen LogP contribution in [0.15, 0.2) is 48.3 Å². The normalized spacial score (nSPS) is 15.9. The molecule has 0 atom stereocenters. The van der Waals surface area contributed by atoms with Crippen LogP contribution in [0.5, 0.6) is 0 Å². The Balaban J connectivity index is 1.48. The number of rotatable bonds is 5. The van der Waals surface area contributed by atoms with Crippen molar-refractivity contribution in [1.29, 1.82) is 0 Å². The molecule has 1 fully saturated rings. The summed E-state index contributed by atoms with van der Waals surface area (Å²) in [5.74, 6) is 1.14. The third kappa shape index (κ3) is 2.93. The van der Waals surface area contributed by atoms with Crippen LogP contribution in [-0.2, 0) is 23.6 Å². The van der Waals surface area contributed by atoms with Gasteiger partial charge in [-0.05, 0) is 19.1 Å². The zero-order valence-corrected chi connectivity index (χ0v) is 15.5. The molecule has 1 saturated heterocycles. The molecule has 0 aromatic carbocycles. The summed E-state index contributed by atoms with van der Waals surface area (Å²) < 4.78 is 30.4. The van der Waals surface area contributed by atoms with E-state index in [0.717, 1.165) is 23.6 Å². The van der Waals surface area contributed by atoms with Crippen LogP contribution in [0, 0.1) is 12.8 Å². The molecule has 0 aliphatic carbocycles. The maximum absolute atomic E-state index is 12.6. The van der Waals surface area contributed by atoms with Crippen molar-refractivity contribution in [3.05, 3.63) is 48.9 Å². The van der Waals surface area contributed by atoms with E-state index in [0.29, 0.717) is 13.1 Å². The Morgan fingerprint density at radius 3 is 2.58 bits per heavy atom. The van der Waals surface area contributed by atoms with Crippen molar-refractivity contribution >= 4 is 10.0 Å². The van der Waals surface area contributed by atoms with E-state index in [1.165, 1.54) is 16.8 Å². The van der Waals surface area contributed by atoms with Gasteiger partial charge in [0.1, 0.15) is 5.82 Å². The molecule has 3 aromatic heterocycles. The molecule has 3 aromatic rings. The molecule has 1 aliphatic rings. The number of imidazole rings is 2. The SMILES string of the molecule is Cc1cnc(-c2ccncc2)n1CC1CN(S(=O)(=O)c2cn(C)cn2)C1. The van der Waals surface area contributed by atoms with Crippen LogP contribution < -0.4 is 0 Å². The number of hydrogen-bond acceptors (Lipinski definition) is 5. The highest BCUT2D eigenvalue weighted by Crippen LogP contribution is 2.27. The lowest BCUT2D eigenvalue weighted by Gasteiger charge is -2.38. The first kappa shape index (κ1) is 16.9. The van der Waals surface area contributed by atoms with Crippen molar-refractivity contribution in [3.63, 3.8) is 0 Å². The van der Waals surface area contributed by atoms with Gasteiger partial charge in [0, 0.05) is 68.6 Å². The van der Waals surface area contributed by atoms with E-state index < -0.39 is 10.0 Å². The fraction of sp³-hybridized carbons (Fsp3) is 0.353. The number of sulfonamides is 1. The van der Waals surface area contributed by atoms with Crippen LogP contribution in [0.4, 0.5) is 0 Å². The largest absolute Gasteiger partial charge is 0.339 e. The van der Waals surface area contributed by atoms with Gasteiger partial charge in [0.15, 0.2) is 5.03 Å². The van der Waals surface area contributed by atoms with Gasteiger partial charge in [-0.2, -0.15) is 4.31 Å². The molecule has 1 aliphatic heterocycles. The molecule has 0 unspecified atom stereocenters. The number of aryl methyl sites for hydroxylation is 2. The second-order valence-electron chi connectivity index (χ2n) is 6.64.